The van der Waals surface area contributed by atoms with Gasteiger partial charge in [0.25, 0.3) is 17.7 Å². The van der Waals surface area contributed by atoms with Crippen LogP contribution in [0.2, 0.25) is 0 Å². The first-order chi connectivity index (χ1) is 39.8. The average molecular weight is 1160 g/mol. The molecule has 22 N–H and O–H groups in total. The lowest BCUT2D eigenvalue weighted by Gasteiger charge is -2.24. The number of methoxy groups -OCH3 is 4. The van der Waals surface area contributed by atoms with Gasteiger partial charge in [-0.25, -0.2) is 0 Å². The maximum Gasteiger partial charge on any atom is 0.255 e. The Labute approximate surface area is 482 Å². The number of nitrogens with zero attached hydrogens (tertiary/aromatic N) is 1. The number of hydrogen-bond acceptors (Lipinski definition) is 18. The minimum atomic E-state index is -1.58. The molecule has 0 aliphatic heterocycles. The minimum Gasteiger partial charge on any atom is -0.496 e. The standard InChI is InChI=1S/C56H81N15O12/c1-80-44-20-16-32(28-36(44)48(61)72)66-55(79)43(15-11-27-64-56(62)63)71-51(75)39-31-35(19-23-47(39)83-4)68-54(78)42(14-7-10-26-59)70-50(74)38-30-34(18-22-46(38)82-3)67-53(77)41(13-6-9-25-58)69-49(73)37-29-33(17-21-45(37)81-2)65-52(76)40(60)12-5-8-24-57/h16-23,28-31,40-43,50,70,74H,5-15,24-27,57-60H2,1-4H3,(H2,61,72)(H,65,76)(H,66,79)(H,67,77)(H,68,78)(H,69,73)(H,71,75)(H4,62,63,64)/t40-,41-,42-,43-,50?/m0/s1. The minimum absolute atomic E-state index is 0.0111. The summed E-state index contributed by atoms with van der Waals surface area (Å²) in [5.74, 6) is -4.05. The third-order valence-corrected chi connectivity index (χ3v) is 13.0. The number of nitrogens with one attached hydrogen (secondary N) is 7. The van der Waals surface area contributed by atoms with Gasteiger partial charge in [-0.15, -0.1) is 0 Å². The van der Waals surface area contributed by atoms with Gasteiger partial charge >= 0.3 is 0 Å². The fourth-order valence-corrected chi connectivity index (χ4v) is 8.56. The smallest absolute Gasteiger partial charge is 0.255 e. The van der Waals surface area contributed by atoms with Crippen LogP contribution in [0.25, 0.3) is 0 Å². The highest BCUT2D eigenvalue weighted by molar-refractivity contribution is 6.06. The first-order valence-electron chi connectivity index (χ1n) is 27.0. The van der Waals surface area contributed by atoms with Crippen molar-refractivity contribution >= 4 is 70.1 Å². The molecule has 0 fully saturated rings. The van der Waals surface area contributed by atoms with Crippen molar-refractivity contribution < 1.29 is 57.6 Å². The molecule has 27 nitrogen and oxygen atoms in total. The van der Waals surface area contributed by atoms with E-state index in [9.17, 15) is 38.7 Å². The van der Waals surface area contributed by atoms with Crippen molar-refractivity contribution in [2.24, 2.45) is 45.1 Å². The number of aliphatic hydroxyl groups is 1. The Morgan fingerprint density at radius 3 is 1.29 bits per heavy atom. The van der Waals surface area contributed by atoms with Gasteiger partial charge in [0, 0.05) is 34.9 Å². The lowest BCUT2D eigenvalue weighted by atomic mass is 10.0. The number of aliphatic hydroxyl groups excluding tert-OH is 1. The van der Waals surface area contributed by atoms with E-state index in [1.807, 2.05) is 0 Å². The number of ether oxygens (including phenoxy) is 4. The molecular formula is C56H81N15O12. The lowest BCUT2D eigenvalue weighted by Crippen LogP contribution is -2.44. The number of primary amides is 1. The zero-order valence-electron chi connectivity index (χ0n) is 47.3. The fraction of sp³-hybridized carbons (Fsp3) is 0.429. The van der Waals surface area contributed by atoms with Gasteiger partial charge in [-0.3, -0.25) is 43.9 Å². The quantitative estimate of drug-likeness (QED) is 0.0133. The Bertz CT molecular complexity index is 2870. The maximum atomic E-state index is 14.2. The zero-order chi connectivity index (χ0) is 61.0. The molecule has 7 amide bonds. The second-order valence-electron chi connectivity index (χ2n) is 19.1. The van der Waals surface area contributed by atoms with Gasteiger partial charge in [-0.05, 0) is 150 Å². The molecule has 0 spiro atoms. The molecule has 452 valence electrons. The van der Waals surface area contributed by atoms with Gasteiger partial charge in [-0.2, -0.15) is 0 Å². The van der Waals surface area contributed by atoms with Gasteiger partial charge in [0.15, 0.2) is 5.96 Å². The Kier molecular flexibility index (Phi) is 27.9. The first-order valence-corrected chi connectivity index (χ1v) is 27.0. The van der Waals surface area contributed by atoms with E-state index in [0.29, 0.717) is 64.6 Å². The van der Waals surface area contributed by atoms with Crippen LogP contribution in [0.5, 0.6) is 23.0 Å². The van der Waals surface area contributed by atoms with Crippen molar-refractivity contribution in [1.82, 2.24) is 16.0 Å². The molecule has 0 aliphatic rings. The third-order valence-electron chi connectivity index (χ3n) is 13.0. The highest BCUT2D eigenvalue weighted by Crippen LogP contribution is 2.30. The van der Waals surface area contributed by atoms with Crippen molar-refractivity contribution in [3.63, 3.8) is 0 Å². The average Bonchev–Trinajstić information content (AvgIpc) is 3.48. The van der Waals surface area contributed by atoms with Crippen LogP contribution in [0.4, 0.5) is 22.7 Å². The maximum absolute atomic E-state index is 14.2. The fourth-order valence-electron chi connectivity index (χ4n) is 8.56. The Balaban J connectivity index is 1.56. The second kappa shape index (κ2) is 34.6. The van der Waals surface area contributed by atoms with Crippen molar-refractivity contribution in [2.75, 3.05) is 75.9 Å². The Hall–Kier alpha value is -8.60. The second-order valence-corrected chi connectivity index (χ2v) is 19.1. The molecule has 0 heterocycles. The van der Waals surface area contributed by atoms with E-state index in [4.69, 9.17) is 59.1 Å². The number of nitrogens with two attached hydrogens (primary N) is 7. The molecule has 0 saturated carbocycles. The number of aliphatic imine (C=N–C) groups is 1. The van der Waals surface area contributed by atoms with Gasteiger partial charge in [0.05, 0.1) is 57.2 Å². The van der Waals surface area contributed by atoms with E-state index >= 15 is 0 Å². The molecule has 1 unspecified atom stereocenters. The molecule has 0 radical (unpaired) electrons. The van der Waals surface area contributed by atoms with Crippen LogP contribution in [0, 0.1) is 0 Å². The molecule has 4 rings (SSSR count). The van der Waals surface area contributed by atoms with E-state index in [1.165, 1.54) is 95.2 Å². The summed E-state index contributed by atoms with van der Waals surface area (Å²) in [7, 11) is 5.46. The van der Waals surface area contributed by atoms with Gasteiger partial charge < -0.3 is 96.1 Å². The summed E-state index contributed by atoms with van der Waals surface area (Å²) in [5, 5.41) is 31.4. The number of carbonyl (C=O) groups excluding carboxylic acids is 7. The van der Waals surface area contributed by atoms with E-state index in [2.05, 4.69) is 42.2 Å². The van der Waals surface area contributed by atoms with Gasteiger partial charge in [0.1, 0.15) is 41.3 Å². The third kappa shape index (κ3) is 21.0. The van der Waals surface area contributed by atoms with Crippen LogP contribution < -0.4 is 96.3 Å². The summed E-state index contributed by atoms with van der Waals surface area (Å²) in [6.07, 6.45) is 2.91. The Morgan fingerprint density at radius 2 is 0.855 bits per heavy atom. The molecule has 0 aromatic heterocycles. The van der Waals surface area contributed by atoms with Crippen molar-refractivity contribution in [1.29, 1.82) is 0 Å². The number of hydrogen-bond donors (Lipinski definition) is 15. The molecular weight excluding hydrogens is 1070 g/mol. The molecule has 0 aliphatic carbocycles. The topological polar surface area (TPSA) is 455 Å². The highest BCUT2D eigenvalue weighted by Gasteiger charge is 2.29. The van der Waals surface area contributed by atoms with Crippen LogP contribution in [-0.4, -0.2) is 131 Å². The largest absolute Gasteiger partial charge is 0.496 e. The van der Waals surface area contributed by atoms with Gasteiger partial charge in [-0.1, -0.05) is 12.8 Å². The van der Waals surface area contributed by atoms with E-state index < -0.39 is 71.7 Å². The summed E-state index contributed by atoms with van der Waals surface area (Å²) in [6, 6.07) is 13.4. The molecule has 27 heteroatoms. The van der Waals surface area contributed by atoms with E-state index in [1.54, 1.807) is 6.07 Å². The number of benzene rings is 4. The molecule has 5 atom stereocenters. The SMILES string of the molecule is COc1ccc(NC(=O)[C@H](CCCN=C(N)N)NC(=O)c2cc(NC(=O)[C@H](CCCCN)NC(O)c3cc(NC(=O)[C@H](CCCCN)NC(=O)c4cc(NC(=O)[C@@H](N)CCCCN)ccc4OC)ccc3OC)ccc2OC)cc1C(N)=O. The predicted molar refractivity (Wildman–Crippen MR) is 316 cm³/mol. The number of anilines is 4. The lowest BCUT2D eigenvalue weighted by molar-refractivity contribution is -0.119. The van der Waals surface area contributed by atoms with E-state index in [0.717, 1.165) is 0 Å². The summed E-state index contributed by atoms with van der Waals surface area (Å²) in [4.78, 5) is 99.1. The summed E-state index contributed by atoms with van der Waals surface area (Å²) >= 11 is 0. The highest BCUT2D eigenvalue weighted by atomic mass is 16.5. The van der Waals surface area contributed by atoms with Crippen molar-refractivity contribution in [2.45, 2.75) is 101 Å². The van der Waals surface area contributed by atoms with Crippen LogP contribution >= 0.6 is 0 Å². The van der Waals surface area contributed by atoms with Crippen LogP contribution in [-0.2, 0) is 19.2 Å². The summed E-state index contributed by atoms with van der Waals surface area (Å²) in [6.45, 7) is 1.27. The van der Waals surface area contributed by atoms with Crippen LogP contribution in [0.15, 0.2) is 77.8 Å². The predicted octanol–water partition coefficient (Wildman–Crippen LogP) is 1.59. The number of unbranched alkanes of at least 4 members (excludes halogenated alkanes) is 3. The number of rotatable bonds is 36. The normalized spacial score (nSPS) is 12.7. The van der Waals surface area contributed by atoms with Crippen LogP contribution in [0.1, 0.15) is 113 Å². The van der Waals surface area contributed by atoms with E-state index in [-0.39, 0.29) is 106 Å². The Morgan fingerprint density at radius 1 is 0.482 bits per heavy atom. The van der Waals surface area contributed by atoms with Crippen molar-refractivity contribution in [3.05, 3.63) is 95.1 Å². The molecule has 0 bridgehead atoms. The first kappa shape index (κ1) is 66.9. The number of amides is 7. The van der Waals surface area contributed by atoms with Gasteiger partial charge in [0.2, 0.25) is 23.6 Å². The van der Waals surface area contributed by atoms with Crippen LogP contribution in [0.3, 0.4) is 0 Å². The summed E-state index contributed by atoms with van der Waals surface area (Å²) < 4.78 is 21.8. The van der Waals surface area contributed by atoms with Crippen molar-refractivity contribution in [3.8, 4) is 23.0 Å². The molecule has 83 heavy (non-hydrogen) atoms. The molecule has 4 aromatic rings. The summed E-state index contributed by atoms with van der Waals surface area (Å²) in [5.41, 5.74) is 40.7. The monoisotopic (exact) mass is 1160 g/mol. The molecule has 4 aromatic carbocycles. The zero-order valence-corrected chi connectivity index (χ0v) is 47.3. The molecule has 0 saturated heterocycles. The number of guanidine groups is 1. The number of carbonyl (C=O) groups is 7.